The number of benzene rings is 3. The van der Waals surface area contributed by atoms with Crippen LogP contribution in [0, 0.1) is 0 Å². The topological polar surface area (TPSA) is 46.6 Å². The largest absolute Gasteiger partial charge is 0.452 e. The zero-order valence-corrected chi connectivity index (χ0v) is 17.1. The van der Waals surface area contributed by atoms with E-state index in [1.807, 2.05) is 60.7 Å². The molecule has 0 spiro atoms. The van der Waals surface area contributed by atoms with Crippen molar-refractivity contribution in [2.45, 2.75) is 32.4 Å². The van der Waals surface area contributed by atoms with Gasteiger partial charge in [0.2, 0.25) is 0 Å². The molecule has 30 heavy (non-hydrogen) atoms. The van der Waals surface area contributed by atoms with E-state index in [9.17, 15) is 9.59 Å². The number of ether oxygens (including phenoxy) is 1. The van der Waals surface area contributed by atoms with Gasteiger partial charge in [0.05, 0.1) is 6.42 Å². The third-order valence-corrected chi connectivity index (χ3v) is 5.51. The standard InChI is InChI=1S/C26H25NO3/c1-19(26(29)27-16-15-22-9-5-6-10-24(22)18-27)30-25(28)17-20-11-13-23(14-12-20)21-7-3-2-4-8-21/h2-14,19H,15-18H2,1H3/t19-/m0/s1. The van der Waals surface area contributed by atoms with E-state index < -0.39 is 6.10 Å². The smallest absolute Gasteiger partial charge is 0.311 e. The van der Waals surface area contributed by atoms with Crippen molar-refractivity contribution < 1.29 is 14.3 Å². The lowest BCUT2D eigenvalue weighted by atomic mass is 9.99. The van der Waals surface area contributed by atoms with Gasteiger partial charge in [-0.15, -0.1) is 0 Å². The summed E-state index contributed by atoms with van der Waals surface area (Å²) >= 11 is 0. The third kappa shape index (κ3) is 4.60. The molecule has 1 aliphatic heterocycles. The molecule has 0 saturated carbocycles. The lowest BCUT2D eigenvalue weighted by molar-refractivity contribution is -0.159. The molecule has 0 fully saturated rings. The quantitative estimate of drug-likeness (QED) is 0.597. The van der Waals surface area contributed by atoms with Gasteiger partial charge < -0.3 is 9.64 Å². The van der Waals surface area contributed by atoms with Crippen LogP contribution in [0.15, 0.2) is 78.9 Å². The van der Waals surface area contributed by atoms with Crippen molar-refractivity contribution in [3.8, 4) is 11.1 Å². The second-order valence-electron chi connectivity index (χ2n) is 7.65. The summed E-state index contributed by atoms with van der Waals surface area (Å²) in [6, 6.07) is 26.1. The SMILES string of the molecule is C[C@H](OC(=O)Cc1ccc(-c2ccccc2)cc1)C(=O)N1CCc2ccccc2C1. The number of hydrogen-bond acceptors (Lipinski definition) is 3. The maximum absolute atomic E-state index is 12.7. The molecule has 1 aliphatic rings. The number of rotatable bonds is 5. The molecular weight excluding hydrogens is 374 g/mol. The van der Waals surface area contributed by atoms with Gasteiger partial charge in [-0.3, -0.25) is 9.59 Å². The van der Waals surface area contributed by atoms with Gasteiger partial charge in [0.15, 0.2) is 6.10 Å². The average Bonchev–Trinajstić information content (AvgIpc) is 2.79. The molecule has 3 aromatic carbocycles. The Labute approximate surface area is 177 Å². The van der Waals surface area contributed by atoms with E-state index in [4.69, 9.17) is 4.74 Å². The second-order valence-corrected chi connectivity index (χ2v) is 7.65. The Balaban J connectivity index is 1.32. The number of fused-ring (bicyclic) bond motifs is 1. The normalized spacial score (nSPS) is 14.0. The van der Waals surface area contributed by atoms with Crippen LogP contribution in [0.2, 0.25) is 0 Å². The van der Waals surface area contributed by atoms with Gasteiger partial charge in [0.25, 0.3) is 5.91 Å². The van der Waals surface area contributed by atoms with Crippen molar-refractivity contribution in [2.75, 3.05) is 6.54 Å². The number of carbonyl (C=O) groups excluding carboxylic acids is 2. The van der Waals surface area contributed by atoms with E-state index in [-0.39, 0.29) is 18.3 Å². The van der Waals surface area contributed by atoms with Crippen LogP contribution in [-0.2, 0) is 33.7 Å². The lowest BCUT2D eigenvalue weighted by Crippen LogP contribution is -2.42. The molecule has 0 bridgehead atoms. The van der Waals surface area contributed by atoms with E-state index in [1.165, 1.54) is 5.56 Å². The number of amides is 1. The fourth-order valence-electron chi connectivity index (χ4n) is 3.84. The van der Waals surface area contributed by atoms with Crippen molar-refractivity contribution >= 4 is 11.9 Å². The predicted molar refractivity (Wildman–Crippen MR) is 117 cm³/mol. The average molecular weight is 399 g/mol. The van der Waals surface area contributed by atoms with Crippen molar-refractivity contribution in [1.29, 1.82) is 0 Å². The van der Waals surface area contributed by atoms with Gasteiger partial charge in [0.1, 0.15) is 0 Å². The van der Waals surface area contributed by atoms with E-state index in [2.05, 4.69) is 18.2 Å². The molecule has 1 amide bonds. The summed E-state index contributed by atoms with van der Waals surface area (Å²) < 4.78 is 5.44. The van der Waals surface area contributed by atoms with Crippen LogP contribution in [0.1, 0.15) is 23.6 Å². The van der Waals surface area contributed by atoms with Crippen LogP contribution < -0.4 is 0 Å². The van der Waals surface area contributed by atoms with Crippen molar-refractivity contribution in [1.82, 2.24) is 4.90 Å². The Bertz CT molecular complexity index is 1030. The monoisotopic (exact) mass is 399 g/mol. The first-order valence-electron chi connectivity index (χ1n) is 10.3. The molecular formula is C26H25NO3. The predicted octanol–water partition coefficient (Wildman–Crippen LogP) is 4.41. The highest BCUT2D eigenvalue weighted by Crippen LogP contribution is 2.21. The van der Waals surface area contributed by atoms with Gasteiger partial charge in [-0.25, -0.2) is 0 Å². The van der Waals surface area contributed by atoms with Gasteiger partial charge in [-0.1, -0.05) is 78.9 Å². The molecule has 4 nitrogen and oxygen atoms in total. The first-order valence-corrected chi connectivity index (χ1v) is 10.3. The van der Waals surface area contributed by atoms with Crippen LogP contribution in [0.4, 0.5) is 0 Å². The van der Waals surface area contributed by atoms with Gasteiger partial charge in [0, 0.05) is 13.1 Å². The Morgan fingerprint density at radius 1 is 0.867 bits per heavy atom. The number of hydrogen-bond donors (Lipinski definition) is 0. The molecule has 0 saturated heterocycles. The Morgan fingerprint density at radius 3 is 2.23 bits per heavy atom. The fraction of sp³-hybridized carbons (Fsp3) is 0.231. The number of carbonyl (C=O) groups is 2. The molecule has 0 radical (unpaired) electrons. The summed E-state index contributed by atoms with van der Waals surface area (Å²) in [7, 11) is 0. The minimum Gasteiger partial charge on any atom is -0.452 e. The molecule has 0 unspecified atom stereocenters. The second kappa shape index (κ2) is 8.95. The first-order chi connectivity index (χ1) is 14.6. The molecule has 0 aliphatic carbocycles. The van der Waals surface area contributed by atoms with Crippen LogP contribution in [-0.4, -0.2) is 29.4 Å². The number of nitrogens with zero attached hydrogens (tertiary/aromatic N) is 1. The summed E-state index contributed by atoms with van der Waals surface area (Å²) in [5.41, 5.74) is 5.54. The molecule has 1 atom stereocenters. The zero-order chi connectivity index (χ0) is 20.9. The van der Waals surface area contributed by atoms with Crippen LogP contribution >= 0.6 is 0 Å². The van der Waals surface area contributed by atoms with Gasteiger partial charge in [-0.2, -0.15) is 0 Å². The fourth-order valence-corrected chi connectivity index (χ4v) is 3.84. The number of esters is 1. The van der Waals surface area contributed by atoms with Gasteiger partial charge >= 0.3 is 5.97 Å². The maximum Gasteiger partial charge on any atom is 0.311 e. The summed E-state index contributed by atoms with van der Waals surface area (Å²) in [5, 5.41) is 0. The van der Waals surface area contributed by atoms with Crippen LogP contribution in [0.5, 0.6) is 0 Å². The highest BCUT2D eigenvalue weighted by atomic mass is 16.5. The van der Waals surface area contributed by atoms with Crippen LogP contribution in [0.3, 0.4) is 0 Å². The highest BCUT2D eigenvalue weighted by Gasteiger charge is 2.26. The minimum absolute atomic E-state index is 0.141. The van der Waals surface area contributed by atoms with Crippen molar-refractivity contribution in [3.05, 3.63) is 95.6 Å². The zero-order valence-electron chi connectivity index (χ0n) is 17.1. The van der Waals surface area contributed by atoms with Crippen LogP contribution in [0.25, 0.3) is 11.1 Å². The van der Waals surface area contributed by atoms with E-state index in [0.717, 1.165) is 28.7 Å². The molecule has 152 valence electrons. The van der Waals surface area contributed by atoms with E-state index in [0.29, 0.717) is 13.1 Å². The summed E-state index contributed by atoms with van der Waals surface area (Å²) in [4.78, 5) is 26.9. The van der Waals surface area contributed by atoms with E-state index in [1.54, 1.807) is 11.8 Å². The Morgan fingerprint density at radius 2 is 1.50 bits per heavy atom. The first kappa shape index (κ1) is 19.9. The van der Waals surface area contributed by atoms with E-state index >= 15 is 0 Å². The highest BCUT2D eigenvalue weighted by molar-refractivity contribution is 5.84. The minimum atomic E-state index is -0.786. The molecule has 1 heterocycles. The Hall–Kier alpha value is -3.40. The Kier molecular flexibility index (Phi) is 5.94. The molecule has 0 N–H and O–H groups in total. The van der Waals surface area contributed by atoms with Crippen molar-refractivity contribution in [2.24, 2.45) is 0 Å². The summed E-state index contributed by atoms with van der Waals surface area (Å²) in [5.74, 6) is -0.530. The molecule has 0 aromatic heterocycles. The summed E-state index contributed by atoms with van der Waals surface area (Å²) in [6.45, 7) is 2.87. The lowest BCUT2D eigenvalue weighted by Gasteiger charge is -2.30. The summed E-state index contributed by atoms with van der Waals surface area (Å²) in [6.07, 6.45) is 0.192. The maximum atomic E-state index is 12.7. The molecule has 4 heteroatoms. The molecule has 3 aromatic rings. The third-order valence-electron chi connectivity index (χ3n) is 5.51. The van der Waals surface area contributed by atoms with Gasteiger partial charge in [-0.05, 0) is 41.2 Å². The molecule has 4 rings (SSSR count). The van der Waals surface area contributed by atoms with Crippen molar-refractivity contribution in [3.63, 3.8) is 0 Å².